The summed E-state index contributed by atoms with van der Waals surface area (Å²) in [5, 5.41) is 15.0. The lowest BCUT2D eigenvalue weighted by atomic mass is 10.2. The van der Waals surface area contributed by atoms with E-state index in [1.54, 1.807) is 7.11 Å². The smallest absolute Gasteiger partial charge is 0.231 e. The minimum Gasteiger partial charge on any atom is -0.497 e. The Balaban J connectivity index is 1.23. The Bertz CT molecular complexity index is 994. The quantitative estimate of drug-likeness (QED) is 0.525. The van der Waals surface area contributed by atoms with E-state index in [0.717, 1.165) is 27.1 Å². The Hall–Kier alpha value is -2.98. The molecule has 2 aromatic carbocycles. The highest BCUT2D eigenvalue weighted by Gasteiger charge is 2.14. The Morgan fingerprint density at radius 2 is 2.00 bits per heavy atom. The van der Waals surface area contributed by atoms with Crippen LogP contribution in [0.3, 0.4) is 0 Å². The van der Waals surface area contributed by atoms with Crippen LogP contribution in [-0.4, -0.2) is 35.8 Å². The summed E-state index contributed by atoms with van der Waals surface area (Å²) in [5.74, 6) is 2.41. The van der Waals surface area contributed by atoms with Crippen molar-refractivity contribution in [3.63, 3.8) is 0 Å². The third-order valence-corrected chi connectivity index (χ3v) is 5.97. The van der Waals surface area contributed by atoms with E-state index in [1.807, 2.05) is 42.5 Å². The number of nitrogens with one attached hydrogen (secondary N) is 2. The van der Waals surface area contributed by atoms with Gasteiger partial charge in [0.05, 0.1) is 12.9 Å². The zero-order valence-electron chi connectivity index (χ0n) is 15.5. The average molecular weight is 431 g/mol. The van der Waals surface area contributed by atoms with Crippen LogP contribution in [0.5, 0.6) is 17.2 Å². The lowest BCUT2D eigenvalue weighted by molar-refractivity contribution is -0.118. The number of anilines is 2. The van der Waals surface area contributed by atoms with Gasteiger partial charge in [-0.15, -0.1) is 10.2 Å². The van der Waals surface area contributed by atoms with Gasteiger partial charge in [-0.25, -0.2) is 0 Å². The second-order valence-electron chi connectivity index (χ2n) is 5.98. The number of methoxy groups -OCH3 is 1. The molecule has 2 N–H and O–H groups in total. The SMILES string of the molecule is COc1ccc(Nc2nnc(SCC(=O)NCc3ccc4c(c3)OCO4)s2)cc1. The number of fused-ring (bicyclic) bond motifs is 1. The molecule has 0 saturated carbocycles. The van der Waals surface area contributed by atoms with Gasteiger partial charge in [-0.05, 0) is 42.0 Å². The highest BCUT2D eigenvalue weighted by atomic mass is 32.2. The minimum absolute atomic E-state index is 0.0764. The van der Waals surface area contributed by atoms with E-state index in [9.17, 15) is 4.79 Å². The molecule has 0 spiro atoms. The van der Waals surface area contributed by atoms with Crippen molar-refractivity contribution in [2.45, 2.75) is 10.9 Å². The molecule has 8 nitrogen and oxygen atoms in total. The second-order valence-corrected chi connectivity index (χ2v) is 8.18. The summed E-state index contributed by atoms with van der Waals surface area (Å²) in [6.45, 7) is 0.662. The van der Waals surface area contributed by atoms with E-state index in [2.05, 4.69) is 20.8 Å². The molecule has 29 heavy (non-hydrogen) atoms. The predicted molar refractivity (Wildman–Crippen MR) is 111 cm³/mol. The summed E-state index contributed by atoms with van der Waals surface area (Å²) in [6.07, 6.45) is 0. The lowest BCUT2D eigenvalue weighted by Gasteiger charge is -2.05. The normalized spacial score (nSPS) is 11.9. The molecule has 1 aliphatic rings. The molecule has 0 fully saturated rings. The zero-order valence-corrected chi connectivity index (χ0v) is 17.1. The van der Waals surface area contributed by atoms with E-state index >= 15 is 0 Å². The summed E-state index contributed by atoms with van der Waals surface area (Å²) >= 11 is 2.74. The van der Waals surface area contributed by atoms with Crippen LogP contribution in [0.4, 0.5) is 10.8 Å². The van der Waals surface area contributed by atoms with Gasteiger partial charge in [0.2, 0.25) is 17.8 Å². The first-order chi connectivity index (χ1) is 14.2. The molecule has 3 aromatic rings. The number of hydrogen-bond donors (Lipinski definition) is 2. The number of hydrogen-bond acceptors (Lipinski definition) is 9. The van der Waals surface area contributed by atoms with Crippen molar-refractivity contribution in [1.82, 2.24) is 15.5 Å². The van der Waals surface area contributed by atoms with Crippen molar-refractivity contribution in [2.24, 2.45) is 0 Å². The van der Waals surface area contributed by atoms with Gasteiger partial charge in [-0.1, -0.05) is 29.2 Å². The molecule has 150 valence electrons. The van der Waals surface area contributed by atoms with E-state index < -0.39 is 0 Å². The molecule has 10 heteroatoms. The summed E-state index contributed by atoms with van der Waals surface area (Å²) in [5.41, 5.74) is 1.84. The average Bonchev–Trinajstić information content (AvgIpc) is 3.40. The van der Waals surface area contributed by atoms with Crippen LogP contribution in [0.2, 0.25) is 0 Å². The molecule has 1 amide bonds. The maximum absolute atomic E-state index is 12.1. The molecule has 0 bridgehead atoms. The number of amides is 1. The van der Waals surface area contributed by atoms with Gasteiger partial charge in [-0.3, -0.25) is 4.79 Å². The highest BCUT2D eigenvalue weighted by Crippen LogP contribution is 2.32. The molecule has 0 saturated heterocycles. The van der Waals surface area contributed by atoms with E-state index in [4.69, 9.17) is 14.2 Å². The first-order valence-electron chi connectivity index (χ1n) is 8.72. The third kappa shape index (κ3) is 5.09. The fourth-order valence-corrected chi connectivity index (χ4v) is 4.15. The molecule has 0 atom stereocenters. The van der Waals surface area contributed by atoms with Gasteiger partial charge in [0.1, 0.15) is 5.75 Å². The molecule has 1 aromatic heterocycles. The van der Waals surface area contributed by atoms with Gasteiger partial charge < -0.3 is 24.8 Å². The molecule has 0 aliphatic carbocycles. The standard InChI is InChI=1S/C19H18N4O4S2/c1-25-14-5-3-13(4-6-14)21-18-22-23-19(29-18)28-10-17(24)20-9-12-2-7-15-16(8-12)27-11-26-15/h2-8H,9-11H2,1H3,(H,20,24)(H,21,22). The number of ether oxygens (including phenoxy) is 3. The summed E-state index contributed by atoms with van der Waals surface area (Å²) in [4.78, 5) is 12.1. The Labute approximate surface area is 175 Å². The van der Waals surface area contributed by atoms with Crippen LogP contribution in [0, 0.1) is 0 Å². The van der Waals surface area contributed by atoms with Crippen molar-refractivity contribution in [3.8, 4) is 17.2 Å². The maximum Gasteiger partial charge on any atom is 0.231 e. The van der Waals surface area contributed by atoms with E-state index in [-0.39, 0.29) is 18.5 Å². The molecule has 0 radical (unpaired) electrons. The van der Waals surface area contributed by atoms with Gasteiger partial charge in [0, 0.05) is 12.2 Å². The van der Waals surface area contributed by atoms with Crippen LogP contribution < -0.4 is 24.8 Å². The number of aromatic nitrogens is 2. The molecule has 1 aliphatic heterocycles. The van der Waals surface area contributed by atoms with Crippen LogP contribution in [0.1, 0.15) is 5.56 Å². The maximum atomic E-state index is 12.1. The molecular formula is C19H18N4O4S2. The fraction of sp³-hybridized carbons (Fsp3) is 0.211. The largest absolute Gasteiger partial charge is 0.497 e. The molecule has 4 rings (SSSR count). The first-order valence-corrected chi connectivity index (χ1v) is 10.5. The Morgan fingerprint density at radius 1 is 1.17 bits per heavy atom. The van der Waals surface area contributed by atoms with E-state index in [1.165, 1.54) is 23.1 Å². The number of carbonyl (C=O) groups is 1. The summed E-state index contributed by atoms with van der Waals surface area (Å²) in [7, 11) is 1.63. The highest BCUT2D eigenvalue weighted by molar-refractivity contribution is 8.01. The number of rotatable bonds is 8. The predicted octanol–water partition coefficient (Wildman–Crippen LogP) is 3.43. The number of carbonyl (C=O) groups excluding carboxylic acids is 1. The second kappa shape index (κ2) is 9.01. The number of benzene rings is 2. The Morgan fingerprint density at radius 3 is 2.83 bits per heavy atom. The van der Waals surface area contributed by atoms with Crippen molar-refractivity contribution >= 4 is 39.8 Å². The van der Waals surface area contributed by atoms with Crippen molar-refractivity contribution in [1.29, 1.82) is 0 Å². The molecule has 2 heterocycles. The van der Waals surface area contributed by atoms with Gasteiger partial charge in [0.15, 0.2) is 15.8 Å². The van der Waals surface area contributed by atoms with Crippen molar-refractivity contribution in [3.05, 3.63) is 48.0 Å². The topological polar surface area (TPSA) is 94.6 Å². The van der Waals surface area contributed by atoms with Gasteiger partial charge in [0.25, 0.3) is 0 Å². The summed E-state index contributed by atoms with van der Waals surface area (Å²) in [6, 6.07) is 13.2. The van der Waals surface area contributed by atoms with E-state index in [0.29, 0.717) is 17.4 Å². The van der Waals surface area contributed by atoms with Gasteiger partial charge >= 0.3 is 0 Å². The van der Waals surface area contributed by atoms with Crippen LogP contribution in [0.25, 0.3) is 0 Å². The third-order valence-electron chi connectivity index (χ3n) is 4.00. The van der Waals surface area contributed by atoms with Crippen molar-refractivity contribution in [2.75, 3.05) is 25.0 Å². The minimum atomic E-state index is -0.0764. The lowest BCUT2D eigenvalue weighted by Crippen LogP contribution is -2.24. The number of thioether (sulfide) groups is 1. The number of nitrogens with zero attached hydrogens (tertiary/aromatic N) is 2. The fourth-order valence-electron chi connectivity index (χ4n) is 2.55. The Kier molecular flexibility index (Phi) is 6.01. The first kappa shape index (κ1) is 19.3. The molecule has 0 unspecified atom stereocenters. The van der Waals surface area contributed by atoms with Crippen LogP contribution in [0.15, 0.2) is 46.8 Å². The monoisotopic (exact) mass is 430 g/mol. The molecular weight excluding hydrogens is 412 g/mol. The van der Waals surface area contributed by atoms with Crippen LogP contribution >= 0.6 is 23.1 Å². The summed E-state index contributed by atoms with van der Waals surface area (Å²) < 4.78 is 16.5. The van der Waals surface area contributed by atoms with Crippen molar-refractivity contribution < 1.29 is 19.0 Å². The van der Waals surface area contributed by atoms with Gasteiger partial charge in [-0.2, -0.15) is 0 Å². The van der Waals surface area contributed by atoms with Crippen LogP contribution in [-0.2, 0) is 11.3 Å². The zero-order chi connectivity index (χ0) is 20.1.